The molecule has 0 bridgehead atoms. The number of hydrogen-bond acceptors (Lipinski definition) is 8. The van der Waals surface area contributed by atoms with Gasteiger partial charge in [-0.15, -0.1) is 0 Å². The van der Waals surface area contributed by atoms with Gasteiger partial charge < -0.3 is 15.4 Å². The van der Waals surface area contributed by atoms with Crippen LogP contribution in [-0.4, -0.2) is 66.0 Å². The standard InChI is InChI=1S/C27H34N6O7S/c1-15-11-16(2)24(17(3)12-15)41(38,39)33-22(26(36)37)14-28-25(35)21-13-18(40-32-21)7-6-10-23(34)31-27-29-19-8-4-5-9-20(19)30-27/h4-5,8-9,11-12,18,21-22,32-33H,6-7,10,13-14H2,1-3H3,(H,28,35)(H,36,37)(H2,29,30,31,34). The molecular weight excluding hydrogens is 552 g/mol. The number of benzene rings is 2. The van der Waals surface area contributed by atoms with E-state index in [0.29, 0.717) is 36.3 Å². The Hall–Kier alpha value is -3.85. The molecule has 13 nitrogen and oxygen atoms in total. The van der Waals surface area contributed by atoms with Crippen molar-refractivity contribution in [2.75, 3.05) is 11.9 Å². The number of aliphatic carboxylic acids is 1. The Kier molecular flexibility index (Phi) is 9.38. The zero-order chi connectivity index (χ0) is 29.7. The fourth-order valence-corrected chi connectivity index (χ4v) is 6.56. The number of aryl methyl sites for hydroxylation is 3. The van der Waals surface area contributed by atoms with Crippen LogP contribution in [0.15, 0.2) is 41.3 Å². The summed E-state index contributed by atoms with van der Waals surface area (Å²) >= 11 is 0. The molecule has 0 spiro atoms. The van der Waals surface area contributed by atoms with Gasteiger partial charge in [0, 0.05) is 19.4 Å². The van der Waals surface area contributed by atoms with E-state index in [9.17, 15) is 27.9 Å². The molecule has 1 aromatic heterocycles. The van der Waals surface area contributed by atoms with Crippen LogP contribution in [0.4, 0.5) is 5.95 Å². The fourth-order valence-electron chi connectivity index (χ4n) is 4.91. The van der Waals surface area contributed by atoms with E-state index in [2.05, 4.69) is 30.8 Å². The van der Waals surface area contributed by atoms with E-state index in [4.69, 9.17) is 4.84 Å². The zero-order valence-corrected chi connectivity index (χ0v) is 23.8. The van der Waals surface area contributed by atoms with Gasteiger partial charge in [0.15, 0.2) is 0 Å². The van der Waals surface area contributed by atoms with Crippen molar-refractivity contribution >= 4 is 44.8 Å². The van der Waals surface area contributed by atoms with E-state index < -0.39 is 40.5 Å². The highest BCUT2D eigenvalue weighted by Crippen LogP contribution is 2.22. The average Bonchev–Trinajstić information content (AvgIpc) is 3.52. The minimum atomic E-state index is -4.16. The van der Waals surface area contributed by atoms with Crippen LogP contribution in [0.3, 0.4) is 0 Å². The van der Waals surface area contributed by atoms with E-state index in [-0.39, 0.29) is 23.3 Å². The largest absolute Gasteiger partial charge is 0.480 e. The molecule has 3 atom stereocenters. The van der Waals surface area contributed by atoms with Crippen molar-refractivity contribution in [2.24, 2.45) is 0 Å². The van der Waals surface area contributed by atoms with Crippen LogP contribution in [-0.2, 0) is 29.2 Å². The summed E-state index contributed by atoms with van der Waals surface area (Å²) in [6, 6.07) is 8.51. The number of para-hydroxylation sites is 2. The molecule has 14 heteroatoms. The Bertz CT molecular complexity index is 1500. The van der Waals surface area contributed by atoms with Gasteiger partial charge >= 0.3 is 5.97 Å². The second kappa shape index (κ2) is 12.8. The summed E-state index contributed by atoms with van der Waals surface area (Å²) in [5.74, 6) is -1.78. The van der Waals surface area contributed by atoms with Crippen molar-refractivity contribution in [1.82, 2.24) is 25.5 Å². The number of anilines is 1. The predicted molar refractivity (Wildman–Crippen MR) is 150 cm³/mol. The number of carbonyl (C=O) groups is 3. The Balaban J connectivity index is 1.22. The first-order valence-corrected chi connectivity index (χ1v) is 14.7. The Labute approximate surface area is 237 Å². The van der Waals surface area contributed by atoms with Crippen LogP contribution in [0, 0.1) is 20.8 Å². The number of carboxylic acids is 1. The number of carbonyl (C=O) groups excluding carboxylic acids is 2. The number of imidazole rings is 1. The third-order valence-corrected chi connectivity index (χ3v) is 8.49. The molecule has 1 aliphatic rings. The molecule has 0 aliphatic carbocycles. The summed E-state index contributed by atoms with van der Waals surface area (Å²) in [6.45, 7) is 4.66. The molecule has 220 valence electrons. The minimum Gasteiger partial charge on any atom is -0.480 e. The van der Waals surface area contributed by atoms with Gasteiger partial charge in [0.1, 0.15) is 12.1 Å². The number of aromatic nitrogens is 2. The zero-order valence-electron chi connectivity index (χ0n) is 23.0. The molecule has 3 aromatic rings. The van der Waals surface area contributed by atoms with E-state index in [1.807, 2.05) is 31.2 Å². The van der Waals surface area contributed by atoms with Gasteiger partial charge in [-0.3, -0.25) is 24.5 Å². The lowest BCUT2D eigenvalue weighted by Crippen LogP contribution is -2.51. The smallest absolute Gasteiger partial charge is 0.323 e. The van der Waals surface area contributed by atoms with Gasteiger partial charge in [-0.05, 0) is 56.9 Å². The maximum absolute atomic E-state index is 13.0. The molecule has 0 radical (unpaired) electrons. The normalized spacial score (nSPS) is 17.8. The number of H-pyrrole nitrogens is 1. The summed E-state index contributed by atoms with van der Waals surface area (Å²) < 4.78 is 28.2. The first-order chi connectivity index (χ1) is 19.4. The summed E-state index contributed by atoms with van der Waals surface area (Å²) in [6.07, 6.45) is 1.23. The first kappa shape index (κ1) is 30.1. The van der Waals surface area contributed by atoms with Gasteiger partial charge in [-0.25, -0.2) is 13.4 Å². The quantitative estimate of drug-likeness (QED) is 0.184. The van der Waals surface area contributed by atoms with Gasteiger partial charge in [0.25, 0.3) is 0 Å². The van der Waals surface area contributed by atoms with E-state index in [0.717, 1.165) is 16.6 Å². The van der Waals surface area contributed by atoms with Gasteiger partial charge in [-0.2, -0.15) is 10.2 Å². The van der Waals surface area contributed by atoms with E-state index in [1.165, 1.54) is 0 Å². The molecule has 0 saturated carbocycles. The molecule has 1 fully saturated rings. The monoisotopic (exact) mass is 586 g/mol. The number of hydroxylamine groups is 1. The molecule has 2 amide bonds. The van der Waals surface area contributed by atoms with Gasteiger partial charge in [0.2, 0.25) is 27.8 Å². The summed E-state index contributed by atoms with van der Waals surface area (Å²) in [5.41, 5.74) is 6.08. The van der Waals surface area contributed by atoms with E-state index >= 15 is 0 Å². The highest BCUT2D eigenvalue weighted by atomic mass is 32.2. The second-order valence-corrected chi connectivity index (χ2v) is 11.8. The lowest BCUT2D eigenvalue weighted by molar-refractivity contribution is -0.139. The number of hydrogen-bond donors (Lipinski definition) is 6. The summed E-state index contributed by atoms with van der Waals surface area (Å²) in [4.78, 5) is 49.6. The molecule has 41 heavy (non-hydrogen) atoms. The van der Waals surface area contributed by atoms with Crippen LogP contribution >= 0.6 is 0 Å². The summed E-state index contributed by atoms with van der Waals surface area (Å²) in [5, 5.41) is 14.8. The Morgan fingerprint density at radius 3 is 2.54 bits per heavy atom. The topological polar surface area (TPSA) is 192 Å². The molecular formula is C27H34N6O7S. The number of aromatic amines is 1. The number of rotatable bonds is 12. The third-order valence-electron chi connectivity index (χ3n) is 6.72. The van der Waals surface area contributed by atoms with Crippen LogP contribution in [0.5, 0.6) is 0 Å². The highest BCUT2D eigenvalue weighted by molar-refractivity contribution is 7.89. The maximum Gasteiger partial charge on any atom is 0.323 e. The molecule has 2 aromatic carbocycles. The summed E-state index contributed by atoms with van der Waals surface area (Å²) in [7, 11) is -4.16. The lowest BCUT2D eigenvalue weighted by Gasteiger charge is -2.19. The van der Waals surface area contributed by atoms with Crippen molar-refractivity contribution in [3.63, 3.8) is 0 Å². The van der Waals surface area contributed by atoms with Crippen LogP contribution in [0.1, 0.15) is 42.4 Å². The van der Waals surface area contributed by atoms with Crippen molar-refractivity contribution in [1.29, 1.82) is 0 Å². The number of nitrogens with zero attached hydrogens (tertiary/aromatic N) is 1. The molecule has 4 rings (SSSR count). The first-order valence-electron chi connectivity index (χ1n) is 13.2. The van der Waals surface area contributed by atoms with Crippen molar-refractivity contribution in [2.45, 2.75) is 69.5 Å². The lowest BCUT2D eigenvalue weighted by atomic mass is 10.0. The van der Waals surface area contributed by atoms with Crippen LogP contribution < -0.4 is 20.8 Å². The number of sulfonamides is 1. The average molecular weight is 587 g/mol. The van der Waals surface area contributed by atoms with Crippen LogP contribution in [0.25, 0.3) is 11.0 Å². The molecule has 1 aliphatic heterocycles. The number of amides is 2. The molecule has 2 heterocycles. The van der Waals surface area contributed by atoms with Gasteiger partial charge in [-0.1, -0.05) is 29.8 Å². The van der Waals surface area contributed by atoms with Crippen molar-refractivity contribution in [3.8, 4) is 0 Å². The number of carboxylic acid groups (broad SMARTS) is 1. The van der Waals surface area contributed by atoms with Crippen LogP contribution in [0.2, 0.25) is 0 Å². The van der Waals surface area contributed by atoms with Crippen molar-refractivity contribution < 1.29 is 32.7 Å². The second-order valence-electron chi connectivity index (χ2n) is 10.2. The van der Waals surface area contributed by atoms with Crippen molar-refractivity contribution in [3.05, 3.63) is 53.1 Å². The maximum atomic E-state index is 13.0. The minimum absolute atomic E-state index is 0.0145. The van der Waals surface area contributed by atoms with Gasteiger partial charge in [0.05, 0.1) is 22.0 Å². The molecule has 6 N–H and O–H groups in total. The Morgan fingerprint density at radius 2 is 1.85 bits per heavy atom. The third kappa shape index (κ3) is 7.67. The number of fused-ring (bicyclic) bond motifs is 1. The molecule has 3 unspecified atom stereocenters. The SMILES string of the molecule is Cc1cc(C)c(S(=O)(=O)NC(CNC(=O)C2CC(CCCC(=O)Nc3nc4ccccc4[nH]3)ON2)C(=O)O)c(C)c1. The predicted octanol–water partition coefficient (Wildman–Crippen LogP) is 1.81. The number of nitrogens with one attached hydrogen (secondary N) is 5. The van der Waals surface area contributed by atoms with E-state index in [1.54, 1.807) is 26.0 Å². The Morgan fingerprint density at radius 1 is 1.15 bits per heavy atom. The molecule has 1 saturated heterocycles. The fraction of sp³-hybridized carbons (Fsp3) is 0.407. The highest BCUT2D eigenvalue weighted by Gasteiger charge is 2.33.